The van der Waals surface area contributed by atoms with Crippen LogP contribution in [0.4, 0.5) is 14.5 Å². The summed E-state index contributed by atoms with van der Waals surface area (Å²) < 4.78 is 27.8. The number of halogens is 2. The van der Waals surface area contributed by atoms with E-state index in [1.807, 2.05) is 0 Å². The van der Waals surface area contributed by atoms with Crippen molar-refractivity contribution < 1.29 is 13.9 Å². The molecule has 108 valence electrons. The highest BCUT2D eigenvalue weighted by molar-refractivity contribution is 5.39. The second kappa shape index (κ2) is 6.00. The molecule has 2 rings (SSSR count). The van der Waals surface area contributed by atoms with Crippen molar-refractivity contribution in [1.82, 2.24) is 9.78 Å². The van der Waals surface area contributed by atoms with E-state index >= 15 is 0 Å². The van der Waals surface area contributed by atoms with E-state index in [9.17, 15) is 13.9 Å². The number of hydrogen-bond acceptors (Lipinski definition) is 3. The number of aliphatic hydroxyl groups excluding tert-OH is 1. The van der Waals surface area contributed by atoms with E-state index in [-0.39, 0.29) is 12.5 Å². The first-order chi connectivity index (χ1) is 9.44. The molecule has 0 fully saturated rings. The van der Waals surface area contributed by atoms with Gasteiger partial charge in [0.25, 0.3) is 0 Å². The highest BCUT2D eigenvalue weighted by Gasteiger charge is 2.16. The predicted molar refractivity (Wildman–Crippen MR) is 72.4 cm³/mol. The topological polar surface area (TPSA) is 50.1 Å². The van der Waals surface area contributed by atoms with Crippen LogP contribution in [0.25, 0.3) is 0 Å². The van der Waals surface area contributed by atoms with Gasteiger partial charge in [0.05, 0.1) is 18.0 Å². The summed E-state index contributed by atoms with van der Waals surface area (Å²) in [4.78, 5) is 0. The van der Waals surface area contributed by atoms with Crippen molar-refractivity contribution in [2.24, 2.45) is 7.05 Å². The van der Waals surface area contributed by atoms with E-state index < -0.39 is 17.7 Å². The van der Waals surface area contributed by atoms with E-state index in [0.29, 0.717) is 5.56 Å². The van der Waals surface area contributed by atoms with Crippen LogP contribution in [-0.4, -0.2) is 27.0 Å². The first kappa shape index (κ1) is 14.5. The van der Waals surface area contributed by atoms with Gasteiger partial charge >= 0.3 is 0 Å². The molecule has 0 spiro atoms. The molecular formula is C14H17F2N3O. The Bertz CT molecular complexity index is 565. The van der Waals surface area contributed by atoms with Gasteiger partial charge in [0.15, 0.2) is 0 Å². The number of rotatable bonds is 5. The highest BCUT2D eigenvalue weighted by Crippen LogP contribution is 2.14. The van der Waals surface area contributed by atoms with Gasteiger partial charge in [0, 0.05) is 31.8 Å². The minimum Gasteiger partial charge on any atom is -0.391 e. The average Bonchev–Trinajstić information content (AvgIpc) is 2.73. The van der Waals surface area contributed by atoms with Crippen LogP contribution in [0.5, 0.6) is 0 Å². The minimum absolute atomic E-state index is 0.170. The molecule has 20 heavy (non-hydrogen) atoms. The van der Waals surface area contributed by atoms with Gasteiger partial charge in [-0.15, -0.1) is 0 Å². The smallest absolute Gasteiger partial charge is 0.126 e. The van der Waals surface area contributed by atoms with Crippen LogP contribution in [0.3, 0.4) is 0 Å². The standard InChI is InChI=1S/C14H17F2N3O/c1-9(18-13-7-17-19(2)8-13)14(20)5-10-3-11(15)6-12(16)4-10/h3-4,6-9,14,18,20H,5H2,1-2H3. The molecule has 0 aliphatic rings. The summed E-state index contributed by atoms with van der Waals surface area (Å²) in [6.45, 7) is 1.80. The lowest BCUT2D eigenvalue weighted by atomic mass is 10.0. The van der Waals surface area contributed by atoms with Crippen LogP contribution in [0, 0.1) is 11.6 Å². The molecule has 2 aromatic rings. The monoisotopic (exact) mass is 281 g/mol. The van der Waals surface area contributed by atoms with E-state index in [4.69, 9.17) is 0 Å². The van der Waals surface area contributed by atoms with Gasteiger partial charge in [0.1, 0.15) is 11.6 Å². The molecule has 0 saturated heterocycles. The van der Waals surface area contributed by atoms with Crippen LogP contribution in [0.15, 0.2) is 30.6 Å². The maximum Gasteiger partial charge on any atom is 0.126 e. The number of benzene rings is 1. The van der Waals surface area contributed by atoms with Crippen molar-refractivity contribution in [2.75, 3.05) is 5.32 Å². The second-order valence-electron chi connectivity index (χ2n) is 4.88. The van der Waals surface area contributed by atoms with Crippen LogP contribution in [0.2, 0.25) is 0 Å². The molecule has 0 aliphatic carbocycles. The molecule has 0 bridgehead atoms. The molecule has 4 nitrogen and oxygen atoms in total. The van der Waals surface area contributed by atoms with Gasteiger partial charge in [-0.1, -0.05) is 0 Å². The summed E-state index contributed by atoms with van der Waals surface area (Å²) in [6, 6.07) is 2.99. The van der Waals surface area contributed by atoms with Gasteiger partial charge in [-0.05, 0) is 24.6 Å². The van der Waals surface area contributed by atoms with E-state index in [1.165, 1.54) is 12.1 Å². The molecule has 0 amide bonds. The van der Waals surface area contributed by atoms with Crippen molar-refractivity contribution in [3.63, 3.8) is 0 Å². The Morgan fingerprint density at radius 2 is 1.95 bits per heavy atom. The molecule has 0 aliphatic heterocycles. The molecule has 0 saturated carbocycles. The lowest BCUT2D eigenvalue weighted by Crippen LogP contribution is -2.32. The predicted octanol–water partition coefficient (Wildman–Crippen LogP) is 2.10. The van der Waals surface area contributed by atoms with Crippen molar-refractivity contribution in [2.45, 2.75) is 25.5 Å². The number of aliphatic hydroxyl groups is 1. The number of aromatic nitrogens is 2. The fourth-order valence-electron chi connectivity index (χ4n) is 2.00. The van der Waals surface area contributed by atoms with Gasteiger partial charge in [-0.2, -0.15) is 5.10 Å². The molecule has 0 radical (unpaired) electrons. The Hall–Kier alpha value is -1.95. The molecule has 1 aromatic heterocycles. The Labute approximate surface area is 116 Å². The molecule has 6 heteroatoms. The summed E-state index contributed by atoms with van der Waals surface area (Å²) in [7, 11) is 1.79. The van der Waals surface area contributed by atoms with Crippen LogP contribution in [-0.2, 0) is 13.5 Å². The molecular weight excluding hydrogens is 264 g/mol. The average molecular weight is 281 g/mol. The SMILES string of the molecule is CC(Nc1cnn(C)c1)C(O)Cc1cc(F)cc(F)c1. The summed E-state index contributed by atoms with van der Waals surface area (Å²) in [6.07, 6.45) is 2.83. The first-order valence-corrected chi connectivity index (χ1v) is 6.32. The van der Waals surface area contributed by atoms with Crippen molar-refractivity contribution in [1.29, 1.82) is 0 Å². The molecule has 2 atom stereocenters. The normalized spacial score (nSPS) is 14.1. The number of nitrogens with one attached hydrogen (secondary N) is 1. The lowest BCUT2D eigenvalue weighted by molar-refractivity contribution is 0.158. The number of hydrogen-bond donors (Lipinski definition) is 2. The maximum atomic E-state index is 13.1. The summed E-state index contributed by atoms with van der Waals surface area (Å²) >= 11 is 0. The Balaban J connectivity index is 1.98. The third kappa shape index (κ3) is 3.77. The zero-order chi connectivity index (χ0) is 14.7. The zero-order valence-corrected chi connectivity index (χ0v) is 11.3. The zero-order valence-electron chi connectivity index (χ0n) is 11.3. The Morgan fingerprint density at radius 3 is 2.50 bits per heavy atom. The number of anilines is 1. The minimum atomic E-state index is -0.767. The third-order valence-electron chi connectivity index (χ3n) is 3.04. The van der Waals surface area contributed by atoms with Gasteiger partial charge in [-0.25, -0.2) is 8.78 Å². The molecule has 2 N–H and O–H groups in total. The van der Waals surface area contributed by atoms with Crippen LogP contribution in [0.1, 0.15) is 12.5 Å². The molecule has 1 heterocycles. The van der Waals surface area contributed by atoms with Gasteiger partial charge < -0.3 is 10.4 Å². The van der Waals surface area contributed by atoms with Crippen molar-refractivity contribution in [3.05, 3.63) is 47.8 Å². The summed E-state index contributed by atoms with van der Waals surface area (Å²) in [5, 5.41) is 17.2. The molecule has 1 aromatic carbocycles. The fraction of sp³-hybridized carbons (Fsp3) is 0.357. The van der Waals surface area contributed by atoms with Gasteiger partial charge in [0.2, 0.25) is 0 Å². The second-order valence-corrected chi connectivity index (χ2v) is 4.88. The summed E-state index contributed by atoms with van der Waals surface area (Å²) in [5.41, 5.74) is 1.21. The van der Waals surface area contributed by atoms with Gasteiger partial charge in [-0.3, -0.25) is 4.68 Å². The Kier molecular flexibility index (Phi) is 4.34. The van der Waals surface area contributed by atoms with E-state index in [2.05, 4.69) is 10.4 Å². The van der Waals surface area contributed by atoms with Crippen LogP contribution >= 0.6 is 0 Å². The lowest BCUT2D eigenvalue weighted by Gasteiger charge is -2.20. The first-order valence-electron chi connectivity index (χ1n) is 6.32. The Morgan fingerprint density at radius 1 is 1.30 bits per heavy atom. The van der Waals surface area contributed by atoms with E-state index in [0.717, 1.165) is 11.8 Å². The van der Waals surface area contributed by atoms with Crippen molar-refractivity contribution in [3.8, 4) is 0 Å². The maximum absolute atomic E-state index is 13.1. The fourth-order valence-corrected chi connectivity index (χ4v) is 2.00. The molecule has 2 unspecified atom stereocenters. The third-order valence-corrected chi connectivity index (χ3v) is 3.04. The van der Waals surface area contributed by atoms with Crippen LogP contribution < -0.4 is 5.32 Å². The summed E-state index contributed by atoms with van der Waals surface area (Å²) in [5.74, 6) is -1.28. The number of nitrogens with zero attached hydrogens (tertiary/aromatic N) is 2. The largest absolute Gasteiger partial charge is 0.391 e. The van der Waals surface area contributed by atoms with E-state index in [1.54, 1.807) is 31.0 Å². The number of aryl methyl sites for hydroxylation is 1. The van der Waals surface area contributed by atoms with Crippen molar-refractivity contribution >= 4 is 5.69 Å². The quantitative estimate of drug-likeness (QED) is 0.882. The highest BCUT2D eigenvalue weighted by atomic mass is 19.1.